The van der Waals surface area contributed by atoms with E-state index in [9.17, 15) is 13.2 Å². The van der Waals surface area contributed by atoms with E-state index in [1.165, 1.54) is 5.56 Å². The van der Waals surface area contributed by atoms with E-state index in [1.807, 2.05) is 12.1 Å². The van der Waals surface area contributed by atoms with E-state index in [4.69, 9.17) is 14.2 Å². The first kappa shape index (κ1) is 29.5. The molecule has 10 heteroatoms. The van der Waals surface area contributed by atoms with Crippen LogP contribution in [0.1, 0.15) is 41.5 Å². The van der Waals surface area contributed by atoms with Gasteiger partial charge in [0, 0.05) is 38.8 Å². The minimum absolute atomic E-state index is 0.111. The topological polar surface area (TPSA) is 97.4 Å². The van der Waals surface area contributed by atoms with Crippen molar-refractivity contribution in [3.8, 4) is 5.75 Å². The molecule has 0 bridgehead atoms. The smallest absolute Gasteiger partial charge is 0.246 e. The molecule has 2 aliphatic heterocycles. The fourth-order valence-corrected chi connectivity index (χ4v) is 7.42. The predicted molar refractivity (Wildman–Crippen MR) is 149 cm³/mol. The lowest BCUT2D eigenvalue weighted by molar-refractivity contribution is -0.126. The summed E-state index contributed by atoms with van der Waals surface area (Å²) in [6.45, 7) is 8.86. The molecule has 0 radical (unpaired) electrons. The summed E-state index contributed by atoms with van der Waals surface area (Å²) < 4.78 is 45.3. The van der Waals surface area contributed by atoms with Crippen LogP contribution in [0.4, 0.5) is 0 Å². The molecular weight excluding hydrogens is 518 g/mol. The maximum absolute atomic E-state index is 13.7. The van der Waals surface area contributed by atoms with Crippen LogP contribution in [0.5, 0.6) is 5.75 Å². The second-order valence-electron chi connectivity index (χ2n) is 10.4. The van der Waals surface area contributed by atoms with Gasteiger partial charge in [0.15, 0.2) is 0 Å². The van der Waals surface area contributed by atoms with Gasteiger partial charge >= 0.3 is 0 Å². The highest BCUT2D eigenvalue weighted by molar-refractivity contribution is 7.89. The normalized spacial score (nSPS) is 19.1. The van der Waals surface area contributed by atoms with Crippen molar-refractivity contribution >= 4 is 15.9 Å². The minimum atomic E-state index is -3.72. The molecule has 0 spiro atoms. The number of hydrogen-bond acceptors (Lipinski definition) is 7. The Kier molecular flexibility index (Phi) is 10.4. The van der Waals surface area contributed by atoms with Gasteiger partial charge in [0.1, 0.15) is 12.4 Å². The van der Waals surface area contributed by atoms with Crippen molar-refractivity contribution in [1.82, 2.24) is 14.5 Å². The average Bonchev–Trinajstić information content (AvgIpc) is 2.93. The number of carbonyl (C=O) groups excluding carboxylic acids is 1. The summed E-state index contributed by atoms with van der Waals surface area (Å²) in [6.07, 6.45) is 2.43. The Labute approximate surface area is 232 Å². The molecule has 2 aromatic rings. The first-order valence-electron chi connectivity index (χ1n) is 13.7. The molecule has 2 saturated heterocycles. The lowest BCUT2D eigenvalue weighted by Gasteiger charge is -2.35. The number of piperidine rings is 1. The molecule has 1 N–H and O–H groups in total. The summed E-state index contributed by atoms with van der Waals surface area (Å²) >= 11 is 0. The van der Waals surface area contributed by atoms with Crippen LogP contribution in [0, 0.1) is 13.8 Å². The Hall–Kier alpha value is -2.50. The third-order valence-electron chi connectivity index (χ3n) is 7.38. The first-order valence-corrected chi connectivity index (χ1v) is 15.1. The number of nitrogens with one attached hydrogen (secondary N) is 1. The number of hydrogen-bond donors (Lipinski definition) is 1. The molecule has 9 nitrogen and oxygen atoms in total. The van der Waals surface area contributed by atoms with Crippen molar-refractivity contribution in [2.45, 2.75) is 57.1 Å². The number of benzene rings is 2. The van der Waals surface area contributed by atoms with E-state index in [0.717, 1.165) is 51.3 Å². The highest BCUT2D eigenvalue weighted by Crippen LogP contribution is 2.32. The molecule has 0 saturated carbocycles. The third kappa shape index (κ3) is 7.79. The largest absolute Gasteiger partial charge is 0.497 e. The van der Waals surface area contributed by atoms with Crippen LogP contribution in [0.2, 0.25) is 0 Å². The Balaban J connectivity index is 1.26. The van der Waals surface area contributed by atoms with Crippen molar-refractivity contribution < 1.29 is 27.4 Å². The van der Waals surface area contributed by atoms with Gasteiger partial charge in [-0.15, -0.1) is 0 Å². The summed E-state index contributed by atoms with van der Waals surface area (Å²) in [6, 6.07) is 11.4. The van der Waals surface area contributed by atoms with Crippen molar-refractivity contribution in [2.24, 2.45) is 0 Å². The monoisotopic (exact) mass is 559 g/mol. The molecule has 214 valence electrons. The summed E-state index contributed by atoms with van der Waals surface area (Å²) in [5.41, 5.74) is 3.57. The molecule has 0 aliphatic carbocycles. The van der Waals surface area contributed by atoms with Crippen LogP contribution < -0.4 is 10.1 Å². The van der Waals surface area contributed by atoms with E-state index in [2.05, 4.69) is 22.3 Å². The molecule has 2 fully saturated rings. The molecule has 1 atom stereocenters. The molecule has 2 aromatic carbocycles. The molecule has 2 heterocycles. The van der Waals surface area contributed by atoms with Crippen LogP contribution in [-0.2, 0) is 37.4 Å². The molecule has 1 amide bonds. The van der Waals surface area contributed by atoms with Crippen LogP contribution >= 0.6 is 0 Å². The SMILES string of the molecule is COc1cc(C)c(S(=O)(=O)N2CCCCC2COCC(=O)NCc2ccc(CN3CCOCC3)cc2)c(C)c1. The van der Waals surface area contributed by atoms with E-state index < -0.39 is 10.0 Å². The molecule has 1 unspecified atom stereocenters. The highest BCUT2D eigenvalue weighted by atomic mass is 32.2. The Morgan fingerprint density at radius 1 is 1.03 bits per heavy atom. The Bertz CT molecular complexity index is 1190. The number of morpholine rings is 1. The van der Waals surface area contributed by atoms with E-state index in [-0.39, 0.29) is 25.2 Å². The molecular formula is C29H41N3O6S. The molecule has 2 aliphatic rings. The van der Waals surface area contributed by atoms with Gasteiger partial charge in [-0.1, -0.05) is 30.7 Å². The second kappa shape index (κ2) is 13.7. The molecule has 4 rings (SSSR count). The summed E-state index contributed by atoms with van der Waals surface area (Å²) in [7, 11) is -2.15. The third-order valence-corrected chi connectivity index (χ3v) is 9.63. The summed E-state index contributed by atoms with van der Waals surface area (Å²) in [5.74, 6) is 0.414. The van der Waals surface area contributed by atoms with Crippen molar-refractivity contribution in [1.29, 1.82) is 0 Å². The van der Waals surface area contributed by atoms with E-state index in [1.54, 1.807) is 37.4 Å². The number of amides is 1. The van der Waals surface area contributed by atoms with Crippen molar-refractivity contribution in [3.05, 3.63) is 58.7 Å². The van der Waals surface area contributed by atoms with Gasteiger partial charge in [0.05, 0.1) is 31.8 Å². The van der Waals surface area contributed by atoms with Gasteiger partial charge in [-0.05, 0) is 61.1 Å². The van der Waals surface area contributed by atoms with Gasteiger partial charge in [-0.3, -0.25) is 9.69 Å². The number of ether oxygens (including phenoxy) is 3. The standard InChI is InChI=1S/C29H41N3O6S/c1-22-16-27(36-3)17-23(2)29(22)39(34,35)32-11-5-4-6-26(32)20-38-21-28(33)30-18-24-7-9-25(10-8-24)19-31-12-14-37-15-13-31/h7-10,16-17,26H,4-6,11-15,18-21H2,1-3H3,(H,30,33). The average molecular weight is 560 g/mol. The fraction of sp³-hybridized carbons (Fsp3) is 0.552. The fourth-order valence-electron chi connectivity index (χ4n) is 5.33. The van der Waals surface area contributed by atoms with Crippen molar-refractivity contribution in [3.63, 3.8) is 0 Å². The van der Waals surface area contributed by atoms with Crippen LogP contribution in [0.25, 0.3) is 0 Å². The summed E-state index contributed by atoms with van der Waals surface area (Å²) in [4.78, 5) is 15.1. The number of sulfonamides is 1. The zero-order valence-corrected chi connectivity index (χ0v) is 24.1. The zero-order valence-electron chi connectivity index (χ0n) is 23.3. The molecule has 39 heavy (non-hydrogen) atoms. The number of rotatable bonds is 11. The van der Waals surface area contributed by atoms with Crippen LogP contribution in [0.15, 0.2) is 41.3 Å². The van der Waals surface area contributed by atoms with Crippen molar-refractivity contribution in [2.75, 3.05) is 53.2 Å². The maximum Gasteiger partial charge on any atom is 0.246 e. The predicted octanol–water partition coefficient (Wildman–Crippen LogP) is 3.02. The summed E-state index contributed by atoms with van der Waals surface area (Å²) in [5, 5.41) is 2.90. The minimum Gasteiger partial charge on any atom is -0.497 e. The van der Waals surface area contributed by atoms with Gasteiger partial charge < -0.3 is 19.5 Å². The Morgan fingerprint density at radius 2 is 1.69 bits per heavy atom. The van der Waals surface area contributed by atoms with E-state index >= 15 is 0 Å². The number of aryl methyl sites for hydroxylation is 2. The highest BCUT2D eigenvalue weighted by Gasteiger charge is 2.35. The van der Waals surface area contributed by atoms with E-state index in [0.29, 0.717) is 41.3 Å². The lowest BCUT2D eigenvalue weighted by atomic mass is 10.1. The second-order valence-corrected chi connectivity index (χ2v) is 12.2. The number of nitrogens with zero attached hydrogens (tertiary/aromatic N) is 2. The zero-order chi connectivity index (χ0) is 27.8. The lowest BCUT2D eigenvalue weighted by Crippen LogP contribution is -2.46. The van der Waals surface area contributed by atoms with Crippen LogP contribution in [0.3, 0.4) is 0 Å². The van der Waals surface area contributed by atoms with Gasteiger partial charge in [0.2, 0.25) is 15.9 Å². The molecule has 0 aromatic heterocycles. The first-order chi connectivity index (χ1) is 18.8. The quantitative estimate of drug-likeness (QED) is 0.452. The van der Waals surface area contributed by atoms with Crippen LogP contribution in [-0.4, -0.2) is 82.7 Å². The van der Waals surface area contributed by atoms with Gasteiger partial charge in [-0.2, -0.15) is 4.31 Å². The Morgan fingerprint density at radius 3 is 2.36 bits per heavy atom. The van der Waals surface area contributed by atoms with Gasteiger partial charge in [-0.25, -0.2) is 8.42 Å². The number of methoxy groups -OCH3 is 1. The van der Waals surface area contributed by atoms with Gasteiger partial charge in [0.25, 0.3) is 0 Å². The number of carbonyl (C=O) groups is 1. The maximum atomic E-state index is 13.7.